The number of nitrogens with one attached hydrogen (secondary N) is 1. The summed E-state index contributed by atoms with van der Waals surface area (Å²) in [4.78, 5) is 0. The first kappa shape index (κ1) is 16.9. The van der Waals surface area contributed by atoms with Gasteiger partial charge in [-0.05, 0) is 48.7 Å². The van der Waals surface area contributed by atoms with Gasteiger partial charge in [-0.2, -0.15) is 4.31 Å². The fourth-order valence-electron chi connectivity index (χ4n) is 2.70. The maximum atomic E-state index is 12.7. The third kappa shape index (κ3) is 4.28. The minimum atomic E-state index is -3.29. The van der Waals surface area contributed by atoms with Crippen LogP contribution in [-0.4, -0.2) is 32.4 Å². The minimum absolute atomic E-state index is 0.493. The van der Waals surface area contributed by atoms with Gasteiger partial charge in [-0.25, -0.2) is 8.42 Å². The largest absolute Gasteiger partial charge is 0.313 e. The Morgan fingerprint density at radius 3 is 2.95 bits per heavy atom. The fourth-order valence-corrected chi connectivity index (χ4v) is 5.61. The summed E-state index contributed by atoms with van der Waals surface area (Å²) in [5, 5.41) is 5.27. The van der Waals surface area contributed by atoms with Crippen molar-refractivity contribution in [1.29, 1.82) is 0 Å². The van der Waals surface area contributed by atoms with E-state index in [0.29, 0.717) is 23.2 Å². The summed E-state index contributed by atoms with van der Waals surface area (Å²) in [6, 6.07) is 1.83. The topological polar surface area (TPSA) is 49.4 Å². The van der Waals surface area contributed by atoms with E-state index in [2.05, 4.69) is 19.2 Å². The van der Waals surface area contributed by atoms with Gasteiger partial charge in [-0.15, -0.1) is 11.3 Å². The number of hydrogen-bond acceptors (Lipinski definition) is 4. The van der Waals surface area contributed by atoms with Crippen LogP contribution >= 0.6 is 11.3 Å². The maximum Gasteiger partial charge on any atom is 0.252 e. The van der Waals surface area contributed by atoms with E-state index < -0.39 is 10.0 Å². The second kappa shape index (κ2) is 7.72. The number of thiophene rings is 1. The van der Waals surface area contributed by atoms with E-state index in [-0.39, 0.29) is 0 Å². The fraction of sp³-hybridized carbons (Fsp3) is 0.733. The van der Waals surface area contributed by atoms with Crippen molar-refractivity contribution in [2.75, 3.05) is 19.6 Å². The quantitative estimate of drug-likeness (QED) is 0.782. The molecule has 21 heavy (non-hydrogen) atoms. The number of hydrogen-bond donors (Lipinski definition) is 1. The molecule has 6 heteroatoms. The van der Waals surface area contributed by atoms with Crippen LogP contribution in [0.4, 0.5) is 0 Å². The highest BCUT2D eigenvalue weighted by Gasteiger charge is 2.30. The van der Waals surface area contributed by atoms with Gasteiger partial charge in [0.05, 0.1) is 0 Å². The third-order valence-electron chi connectivity index (χ3n) is 4.04. The molecule has 1 N–H and O–H groups in total. The summed E-state index contributed by atoms with van der Waals surface area (Å²) in [5.41, 5.74) is 1.07. The predicted molar refractivity (Wildman–Crippen MR) is 88.1 cm³/mol. The smallest absolute Gasteiger partial charge is 0.252 e. The first-order valence-corrected chi connectivity index (χ1v) is 10.2. The van der Waals surface area contributed by atoms with Crippen molar-refractivity contribution in [1.82, 2.24) is 9.62 Å². The molecule has 1 aromatic rings. The molecule has 120 valence electrons. The summed E-state index contributed by atoms with van der Waals surface area (Å²) in [6.07, 6.45) is 4.28. The van der Waals surface area contributed by atoms with Gasteiger partial charge in [0.25, 0.3) is 10.0 Å². The summed E-state index contributed by atoms with van der Waals surface area (Å²) < 4.78 is 27.6. The van der Waals surface area contributed by atoms with Crippen LogP contribution in [-0.2, 0) is 16.6 Å². The monoisotopic (exact) mass is 330 g/mol. The van der Waals surface area contributed by atoms with Gasteiger partial charge >= 0.3 is 0 Å². The van der Waals surface area contributed by atoms with Crippen LogP contribution in [0.5, 0.6) is 0 Å². The highest BCUT2D eigenvalue weighted by Crippen LogP contribution is 2.28. The average Bonchev–Trinajstić information content (AvgIpc) is 2.97. The SMILES string of the molecule is CCCNCc1csc(S(=O)(=O)N2CCCC(CC)C2)c1. The Labute approximate surface area is 132 Å². The number of nitrogens with zero attached hydrogens (tertiary/aromatic N) is 1. The van der Waals surface area contributed by atoms with E-state index in [1.54, 1.807) is 4.31 Å². The molecule has 1 fully saturated rings. The van der Waals surface area contributed by atoms with Gasteiger partial charge in [0.1, 0.15) is 4.21 Å². The molecule has 1 aromatic heterocycles. The highest BCUT2D eigenvalue weighted by molar-refractivity contribution is 7.91. The van der Waals surface area contributed by atoms with Gasteiger partial charge < -0.3 is 5.32 Å². The van der Waals surface area contributed by atoms with Crippen molar-refractivity contribution in [3.63, 3.8) is 0 Å². The average molecular weight is 331 g/mol. The molecule has 0 radical (unpaired) electrons. The Kier molecular flexibility index (Phi) is 6.22. The molecule has 0 bridgehead atoms. The Hall–Kier alpha value is -0.430. The third-order valence-corrected chi connectivity index (χ3v) is 7.37. The van der Waals surface area contributed by atoms with Crippen LogP contribution in [0, 0.1) is 5.92 Å². The second-order valence-corrected chi connectivity index (χ2v) is 8.81. The lowest BCUT2D eigenvalue weighted by Gasteiger charge is -2.30. The molecule has 0 saturated carbocycles. The molecule has 4 nitrogen and oxygen atoms in total. The number of sulfonamides is 1. The first-order chi connectivity index (χ1) is 10.1. The molecular formula is C15H26N2O2S2. The van der Waals surface area contributed by atoms with Crippen molar-refractivity contribution < 1.29 is 8.42 Å². The Bertz CT molecular complexity index is 540. The molecule has 2 heterocycles. The van der Waals surface area contributed by atoms with E-state index >= 15 is 0 Å². The van der Waals surface area contributed by atoms with Crippen molar-refractivity contribution in [3.05, 3.63) is 17.0 Å². The van der Waals surface area contributed by atoms with Crippen molar-refractivity contribution in [3.8, 4) is 0 Å². The zero-order chi connectivity index (χ0) is 15.3. The molecule has 0 aliphatic carbocycles. The molecule has 0 spiro atoms. The summed E-state index contributed by atoms with van der Waals surface area (Å²) >= 11 is 1.35. The van der Waals surface area contributed by atoms with E-state index in [1.165, 1.54) is 11.3 Å². The maximum absolute atomic E-state index is 12.7. The zero-order valence-electron chi connectivity index (χ0n) is 13.0. The lowest BCUT2D eigenvalue weighted by Crippen LogP contribution is -2.39. The molecule has 1 saturated heterocycles. The Balaban J connectivity index is 2.05. The van der Waals surface area contributed by atoms with Crippen LogP contribution in [0.25, 0.3) is 0 Å². The van der Waals surface area contributed by atoms with Crippen LogP contribution in [0.3, 0.4) is 0 Å². The van der Waals surface area contributed by atoms with Gasteiger partial charge in [0.2, 0.25) is 0 Å². The molecule has 1 aliphatic heterocycles. The molecule has 1 unspecified atom stereocenters. The van der Waals surface area contributed by atoms with Crippen molar-refractivity contribution >= 4 is 21.4 Å². The highest BCUT2D eigenvalue weighted by atomic mass is 32.2. The zero-order valence-corrected chi connectivity index (χ0v) is 14.6. The Morgan fingerprint density at radius 1 is 1.43 bits per heavy atom. The molecule has 1 atom stereocenters. The van der Waals surface area contributed by atoms with Gasteiger partial charge in [0, 0.05) is 19.6 Å². The lowest BCUT2D eigenvalue weighted by molar-refractivity contribution is 0.262. The van der Waals surface area contributed by atoms with Crippen LogP contribution in [0.1, 0.15) is 45.1 Å². The normalized spacial score (nSPS) is 20.8. The number of rotatable bonds is 7. The molecule has 0 amide bonds. The molecular weight excluding hydrogens is 304 g/mol. The minimum Gasteiger partial charge on any atom is -0.313 e. The first-order valence-electron chi connectivity index (χ1n) is 7.86. The van der Waals surface area contributed by atoms with Gasteiger partial charge in [-0.1, -0.05) is 20.3 Å². The van der Waals surface area contributed by atoms with Gasteiger partial charge in [-0.3, -0.25) is 0 Å². The van der Waals surface area contributed by atoms with Crippen LogP contribution in [0.15, 0.2) is 15.7 Å². The predicted octanol–water partition coefficient (Wildman–Crippen LogP) is 3.06. The summed E-state index contributed by atoms with van der Waals surface area (Å²) in [7, 11) is -3.29. The standard InChI is InChI=1S/C15H26N2O2S2/c1-3-7-16-10-14-9-15(20-12-14)21(18,19)17-8-5-6-13(4-2)11-17/h9,12-13,16H,3-8,10-11H2,1-2H3. The van der Waals surface area contributed by atoms with E-state index in [0.717, 1.165) is 44.3 Å². The van der Waals surface area contributed by atoms with Crippen LogP contribution in [0.2, 0.25) is 0 Å². The van der Waals surface area contributed by atoms with E-state index in [1.807, 2.05) is 11.4 Å². The summed E-state index contributed by atoms with van der Waals surface area (Å²) in [6.45, 7) is 7.32. The van der Waals surface area contributed by atoms with E-state index in [9.17, 15) is 8.42 Å². The molecule has 0 aromatic carbocycles. The van der Waals surface area contributed by atoms with E-state index in [4.69, 9.17) is 0 Å². The molecule has 1 aliphatic rings. The molecule has 2 rings (SSSR count). The second-order valence-electron chi connectivity index (χ2n) is 5.73. The lowest BCUT2D eigenvalue weighted by atomic mass is 9.97. The van der Waals surface area contributed by atoms with Crippen molar-refractivity contribution in [2.45, 2.75) is 50.3 Å². The van der Waals surface area contributed by atoms with Gasteiger partial charge in [0.15, 0.2) is 0 Å². The van der Waals surface area contributed by atoms with Crippen LogP contribution < -0.4 is 5.32 Å². The van der Waals surface area contributed by atoms with Crippen molar-refractivity contribution in [2.24, 2.45) is 5.92 Å². The number of piperidine rings is 1. The summed E-state index contributed by atoms with van der Waals surface area (Å²) in [5.74, 6) is 0.513. The Morgan fingerprint density at radius 2 is 2.24 bits per heavy atom.